The molecule has 0 aliphatic rings. The van der Waals surface area contributed by atoms with Gasteiger partial charge in [0.2, 0.25) is 5.91 Å². The van der Waals surface area contributed by atoms with Crippen molar-refractivity contribution in [2.45, 2.75) is 6.42 Å². The first kappa shape index (κ1) is 22.9. The first-order chi connectivity index (χ1) is 15.4. The molecule has 4 N–H and O–H groups in total. The van der Waals surface area contributed by atoms with Crippen molar-refractivity contribution in [3.05, 3.63) is 101 Å². The summed E-state index contributed by atoms with van der Waals surface area (Å²) in [5, 5.41) is 5.79. The molecule has 0 aliphatic carbocycles. The topological polar surface area (TPSA) is 99.3 Å². The van der Waals surface area contributed by atoms with Crippen LogP contribution in [0, 0.1) is 0 Å². The summed E-state index contributed by atoms with van der Waals surface area (Å²) in [6.07, 6.45) is 0.114. The van der Waals surface area contributed by atoms with Gasteiger partial charge in [-0.15, -0.1) is 0 Å². The molecule has 0 saturated heterocycles. The number of carbonyl (C=O) groups excluding carboxylic acids is 3. The molecule has 0 radical (unpaired) electrons. The van der Waals surface area contributed by atoms with E-state index in [0.29, 0.717) is 21.8 Å². The number of hydrazine groups is 1. The SMILES string of the molecule is O=C(Cc1ccc(Cl)cc1)NC(=S)NNC(=O)c1ccc(NC(=O)c2ccccc2)cc1. The third kappa shape index (κ3) is 6.90. The first-order valence-electron chi connectivity index (χ1n) is 9.52. The fourth-order valence-corrected chi connectivity index (χ4v) is 2.96. The van der Waals surface area contributed by atoms with Gasteiger partial charge in [-0.1, -0.05) is 41.9 Å². The number of nitrogens with one attached hydrogen (secondary N) is 4. The summed E-state index contributed by atoms with van der Waals surface area (Å²) in [5.74, 6) is -1.04. The van der Waals surface area contributed by atoms with Crippen molar-refractivity contribution in [3.8, 4) is 0 Å². The number of amides is 3. The van der Waals surface area contributed by atoms with Crippen molar-refractivity contribution in [1.29, 1.82) is 0 Å². The van der Waals surface area contributed by atoms with Crippen LogP contribution in [-0.4, -0.2) is 22.8 Å². The van der Waals surface area contributed by atoms with Gasteiger partial charge >= 0.3 is 0 Å². The van der Waals surface area contributed by atoms with Crippen LogP contribution in [0.15, 0.2) is 78.9 Å². The molecule has 7 nitrogen and oxygen atoms in total. The fourth-order valence-electron chi connectivity index (χ4n) is 2.67. The smallest absolute Gasteiger partial charge is 0.269 e. The van der Waals surface area contributed by atoms with Crippen LogP contribution in [0.5, 0.6) is 0 Å². The van der Waals surface area contributed by atoms with Crippen LogP contribution in [0.3, 0.4) is 0 Å². The lowest BCUT2D eigenvalue weighted by molar-refractivity contribution is -0.119. The van der Waals surface area contributed by atoms with E-state index in [2.05, 4.69) is 21.5 Å². The van der Waals surface area contributed by atoms with Gasteiger partial charge in [0.1, 0.15) is 0 Å². The van der Waals surface area contributed by atoms with Crippen LogP contribution < -0.4 is 21.5 Å². The molecule has 3 rings (SSSR count). The molecule has 0 atom stereocenters. The number of anilines is 1. The van der Waals surface area contributed by atoms with Gasteiger partial charge in [0.25, 0.3) is 11.8 Å². The molecule has 0 saturated carbocycles. The molecule has 0 aromatic heterocycles. The van der Waals surface area contributed by atoms with Gasteiger partial charge < -0.3 is 10.6 Å². The molecule has 0 bridgehead atoms. The number of halogens is 1. The van der Waals surface area contributed by atoms with Crippen LogP contribution in [0.1, 0.15) is 26.3 Å². The van der Waals surface area contributed by atoms with Gasteiger partial charge in [0.05, 0.1) is 6.42 Å². The summed E-state index contributed by atoms with van der Waals surface area (Å²) in [6.45, 7) is 0. The second-order valence-electron chi connectivity index (χ2n) is 6.66. The fraction of sp³-hybridized carbons (Fsp3) is 0.0435. The monoisotopic (exact) mass is 466 g/mol. The minimum absolute atomic E-state index is 0.0379. The first-order valence-corrected chi connectivity index (χ1v) is 10.3. The Hall–Kier alpha value is -3.75. The summed E-state index contributed by atoms with van der Waals surface area (Å²) in [4.78, 5) is 36.5. The van der Waals surface area contributed by atoms with E-state index in [1.807, 2.05) is 6.07 Å². The summed E-state index contributed by atoms with van der Waals surface area (Å²) in [5.41, 5.74) is 7.09. The molecule has 9 heteroatoms. The molecular weight excluding hydrogens is 448 g/mol. The van der Waals surface area contributed by atoms with E-state index in [-0.39, 0.29) is 23.3 Å². The molecule has 162 valence electrons. The van der Waals surface area contributed by atoms with E-state index >= 15 is 0 Å². The van der Waals surface area contributed by atoms with Crippen molar-refractivity contribution in [2.75, 3.05) is 5.32 Å². The highest BCUT2D eigenvalue weighted by atomic mass is 35.5. The Bertz CT molecular complexity index is 1120. The minimum atomic E-state index is -0.458. The Morgan fingerprint density at radius 1 is 0.750 bits per heavy atom. The summed E-state index contributed by atoms with van der Waals surface area (Å²) >= 11 is 10.8. The Morgan fingerprint density at radius 3 is 2.03 bits per heavy atom. The average Bonchev–Trinajstić information content (AvgIpc) is 2.80. The third-order valence-corrected chi connectivity index (χ3v) is 4.72. The summed E-state index contributed by atoms with van der Waals surface area (Å²) in [7, 11) is 0. The van der Waals surface area contributed by atoms with E-state index in [1.54, 1.807) is 72.8 Å². The van der Waals surface area contributed by atoms with E-state index < -0.39 is 5.91 Å². The number of carbonyl (C=O) groups is 3. The normalized spacial score (nSPS) is 10.0. The van der Waals surface area contributed by atoms with Gasteiger partial charge in [0, 0.05) is 21.8 Å². The van der Waals surface area contributed by atoms with Gasteiger partial charge in [-0.3, -0.25) is 25.2 Å². The zero-order valence-corrected chi connectivity index (χ0v) is 18.3. The number of hydrogen-bond donors (Lipinski definition) is 4. The van der Waals surface area contributed by atoms with Crippen molar-refractivity contribution >= 4 is 52.3 Å². The van der Waals surface area contributed by atoms with Crippen molar-refractivity contribution in [1.82, 2.24) is 16.2 Å². The van der Waals surface area contributed by atoms with Crippen molar-refractivity contribution in [2.24, 2.45) is 0 Å². The second kappa shape index (κ2) is 11.0. The highest BCUT2D eigenvalue weighted by molar-refractivity contribution is 7.80. The Labute approximate surface area is 195 Å². The molecule has 32 heavy (non-hydrogen) atoms. The summed E-state index contributed by atoms with van der Waals surface area (Å²) in [6, 6.07) is 22.0. The number of rotatable bonds is 5. The average molecular weight is 467 g/mol. The lowest BCUT2D eigenvalue weighted by Gasteiger charge is -2.11. The standard InChI is InChI=1S/C23H19ClN4O3S/c24-18-10-6-15(7-11-18)14-20(29)26-23(32)28-27-22(31)17-8-12-19(13-9-17)25-21(30)16-4-2-1-3-5-16/h1-13H,14H2,(H,25,30)(H,27,31)(H2,26,28,29,32). The summed E-state index contributed by atoms with van der Waals surface area (Å²) < 4.78 is 0. The van der Waals surface area contributed by atoms with E-state index in [9.17, 15) is 14.4 Å². The van der Waals surface area contributed by atoms with Crippen LogP contribution >= 0.6 is 23.8 Å². The lowest BCUT2D eigenvalue weighted by Crippen LogP contribution is -2.48. The maximum atomic E-state index is 12.3. The molecule has 0 fully saturated rings. The Morgan fingerprint density at radius 2 is 1.38 bits per heavy atom. The molecule has 0 spiro atoms. The van der Waals surface area contributed by atoms with Crippen LogP contribution in [-0.2, 0) is 11.2 Å². The minimum Gasteiger partial charge on any atom is -0.322 e. The van der Waals surface area contributed by atoms with E-state index in [0.717, 1.165) is 5.56 Å². The number of benzene rings is 3. The number of thiocarbonyl (C=S) groups is 1. The largest absolute Gasteiger partial charge is 0.322 e. The van der Waals surface area contributed by atoms with Crippen LogP contribution in [0.25, 0.3) is 0 Å². The highest BCUT2D eigenvalue weighted by Gasteiger charge is 2.10. The molecule has 3 aromatic rings. The maximum Gasteiger partial charge on any atom is 0.269 e. The van der Waals surface area contributed by atoms with Gasteiger partial charge in [-0.05, 0) is 66.3 Å². The predicted molar refractivity (Wildman–Crippen MR) is 127 cm³/mol. The molecule has 0 heterocycles. The van der Waals surface area contributed by atoms with E-state index in [1.165, 1.54) is 0 Å². The highest BCUT2D eigenvalue weighted by Crippen LogP contribution is 2.12. The Kier molecular flexibility index (Phi) is 7.91. The quantitative estimate of drug-likeness (QED) is 0.341. The molecule has 3 aromatic carbocycles. The van der Waals surface area contributed by atoms with E-state index in [4.69, 9.17) is 23.8 Å². The number of hydrogen-bond acceptors (Lipinski definition) is 4. The zero-order valence-electron chi connectivity index (χ0n) is 16.7. The predicted octanol–water partition coefficient (Wildman–Crippen LogP) is 3.47. The molecular formula is C23H19ClN4O3S. The molecule has 0 aliphatic heterocycles. The second-order valence-corrected chi connectivity index (χ2v) is 7.50. The van der Waals surface area contributed by atoms with Crippen molar-refractivity contribution in [3.63, 3.8) is 0 Å². The van der Waals surface area contributed by atoms with Crippen LogP contribution in [0.2, 0.25) is 5.02 Å². The lowest BCUT2D eigenvalue weighted by atomic mass is 10.1. The third-order valence-electron chi connectivity index (χ3n) is 4.26. The van der Waals surface area contributed by atoms with Gasteiger partial charge in [-0.25, -0.2) is 0 Å². The van der Waals surface area contributed by atoms with Crippen LogP contribution in [0.4, 0.5) is 5.69 Å². The zero-order chi connectivity index (χ0) is 22.9. The van der Waals surface area contributed by atoms with Crippen molar-refractivity contribution < 1.29 is 14.4 Å². The van der Waals surface area contributed by atoms with Gasteiger partial charge in [-0.2, -0.15) is 0 Å². The maximum absolute atomic E-state index is 12.3. The molecule has 3 amide bonds. The molecule has 0 unspecified atom stereocenters. The Balaban J connectivity index is 1.45. The van der Waals surface area contributed by atoms with Gasteiger partial charge in [0.15, 0.2) is 5.11 Å².